The van der Waals surface area contributed by atoms with Crippen LogP contribution in [0.4, 0.5) is 0 Å². The first-order valence-corrected chi connectivity index (χ1v) is 23.6. The maximum atomic E-state index is 14.3. The minimum absolute atomic E-state index is 0. The molecule has 0 N–H and O–H groups in total. The molecule has 3 aliphatic rings. The normalized spacial score (nSPS) is 21.6. The summed E-state index contributed by atoms with van der Waals surface area (Å²) < 4.78 is 11.0. The first kappa shape index (κ1) is 51.4. The smallest absolute Gasteiger partial charge is 0.664 e. The van der Waals surface area contributed by atoms with E-state index in [1.807, 2.05) is 51.2 Å². The second-order valence-corrected chi connectivity index (χ2v) is 19.2. The van der Waals surface area contributed by atoms with Gasteiger partial charge in [0, 0.05) is 12.0 Å². The number of carbonyl (C=O) groups is 3. The van der Waals surface area contributed by atoms with Crippen LogP contribution < -0.4 is 25.7 Å². The number of fused-ring (bicyclic) bond motifs is 7. The number of methoxy groups -OCH3 is 1. The number of hydrogen-bond donors (Lipinski definition) is 0. The molecule has 8 bridgehead atoms. The fourth-order valence-corrected chi connectivity index (χ4v) is 9.86. The van der Waals surface area contributed by atoms with Gasteiger partial charge in [-0.1, -0.05) is 151 Å². The maximum Gasteiger partial charge on any atom is 2.00 e. The van der Waals surface area contributed by atoms with Gasteiger partial charge < -0.3 is 29.7 Å². The van der Waals surface area contributed by atoms with Crippen LogP contribution in [0.1, 0.15) is 173 Å². The van der Waals surface area contributed by atoms with Crippen LogP contribution in [0.25, 0.3) is 41.3 Å². The fraction of sp³-hybridized carbons (Fsp3) is 0.509. The van der Waals surface area contributed by atoms with Crippen LogP contribution in [0.5, 0.6) is 0 Å². The molecule has 1 fully saturated rings. The van der Waals surface area contributed by atoms with E-state index in [4.69, 9.17) is 29.7 Å². The van der Waals surface area contributed by atoms with Crippen molar-refractivity contribution in [3.05, 3.63) is 108 Å². The number of ether oxygens (including phenoxy) is 2. The molecule has 344 valence electrons. The van der Waals surface area contributed by atoms with E-state index in [0.29, 0.717) is 51.5 Å². The minimum atomic E-state index is -1.24. The molecule has 2 aliphatic heterocycles. The fourth-order valence-electron chi connectivity index (χ4n) is 9.86. The van der Waals surface area contributed by atoms with Crippen LogP contribution >= 0.6 is 0 Å². The van der Waals surface area contributed by atoms with Gasteiger partial charge >= 0.3 is 35.0 Å². The summed E-state index contributed by atoms with van der Waals surface area (Å²) in [6.07, 6.45) is 23.2. The van der Waals surface area contributed by atoms with Gasteiger partial charge in [-0.15, -0.1) is 33.5 Å². The summed E-state index contributed by atoms with van der Waals surface area (Å²) in [4.78, 5) is 56.4. The predicted octanol–water partition coefficient (Wildman–Crippen LogP) is 10.4. The minimum Gasteiger partial charge on any atom is -0.664 e. The number of allylic oxidation sites excluding steroid dienone is 3. The molecule has 0 aromatic carbocycles. The van der Waals surface area contributed by atoms with E-state index in [0.717, 1.165) is 69.4 Å². The molecule has 0 amide bonds. The standard InChI is InChI=1S/C55H71N4O5.Mg/c1-13-39-35(8)42-28-44-37(10)41(24-25-48(60)64-27-26-34(7)23-17-22-33(6)21-16-20-32(5)19-15-18-31(3)4)52(58-44)50-51(55(62)63-12)54(61)49-38(11)45(59-53(49)50)30-47-40(14-2)36(9)43(57-47)29-46(39)56-42;/h13-14,26,28-33,37,41,51H,1-2,15-25,27H2,3-12H3,(H-,58,59,61);/q-3;+2/p-1/b34-26-,43-29-,44-28-,47-30-;/t32-,33-,37+,41+,51-;/m1./s1. The van der Waals surface area contributed by atoms with Crippen LogP contribution in [-0.2, 0) is 19.1 Å². The third-order valence-corrected chi connectivity index (χ3v) is 14.0. The molecule has 1 saturated heterocycles. The number of ketones is 1. The van der Waals surface area contributed by atoms with Gasteiger partial charge in [0.1, 0.15) is 12.5 Å². The number of rotatable bonds is 20. The number of hydrogen-bond acceptors (Lipinski definition) is 5. The Labute approximate surface area is 404 Å². The zero-order valence-corrected chi connectivity index (χ0v) is 42.3. The summed E-state index contributed by atoms with van der Waals surface area (Å²) in [5.74, 6) is -0.800. The van der Waals surface area contributed by atoms with Crippen molar-refractivity contribution < 1.29 is 23.9 Å². The van der Waals surface area contributed by atoms with Crippen LogP contribution in [0, 0.1) is 56.3 Å². The third-order valence-electron chi connectivity index (χ3n) is 14.0. The van der Waals surface area contributed by atoms with E-state index >= 15 is 0 Å². The Morgan fingerprint density at radius 3 is 2.06 bits per heavy atom. The summed E-state index contributed by atoms with van der Waals surface area (Å²) in [6.45, 7) is 27.8. The number of Topliss-reactive ketones (excluding diaryl/α,β-unsaturated/α-hetero) is 1. The molecular weight excluding hydrogens is 821 g/mol. The zero-order chi connectivity index (χ0) is 46.4. The summed E-state index contributed by atoms with van der Waals surface area (Å²) >= 11 is 0. The molecular formula is C55H70MgN4O5-2. The van der Waals surface area contributed by atoms with E-state index in [1.165, 1.54) is 57.6 Å². The molecule has 0 radical (unpaired) electrons. The van der Waals surface area contributed by atoms with Crippen molar-refractivity contribution in [3.8, 4) is 0 Å². The van der Waals surface area contributed by atoms with Gasteiger partial charge in [0.05, 0.1) is 7.11 Å². The summed E-state index contributed by atoms with van der Waals surface area (Å²) in [5, 5.41) is 6.63. The monoisotopic (exact) mass is 891 g/mol. The topological polar surface area (TPSA) is 126 Å². The van der Waals surface area contributed by atoms with E-state index in [2.05, 4.69) is 54.7 Å². The van der Waals surface area contributed by atoms with E-state index in [-0.39, 0.29) is 59.7 Å². The van der Waals surface area contributed by atoms with Gasteiger partial charge in [-0.25, -0.2) is 0 Å². The number of carbonyl (C=O) groups excluding carboxylic acids is 3. The average Bonchev–Trinajstić information content (AvgIpc) is 3.99. The molecule has 65 heavy (non-hydrogen) atoms. The second kappa shape index (κ2) is 22.8. The number of aromatic nitrogens is 3. The summed E-state index contributed by atoms with van der Waals surface area (Å²) in [5.41, 5.74) is 10.1. The quantitative estimate of drug-likeness (QED) is 0.0475. The first-order chi connectivity index (χ1) is 30.6. The molecule has 5 atom stereocenters. The molecule has 3 aromatic heterocycles. The average molecular weight is 891 g/mol. The van der Waals surface area contributed by atoms with Crippen LogP contribution in [0.3, 0.4) is 0 Å². The molecule has 10 heteroatoms. The summed E-state index contributed by atoms with van der Waals surface area (Å²) in [7, 11) is 1.29. The second-order valence-electron chi connectivity index (χ2n) is 19.2. The largest absolute Gasteiger partial charge is 2.00 e. The van der Waals surface area contributed by atoms with E-state index < -0.39 is 11.9 Å². The maximum absolute atomic E-state index is 14.3. The van der Waals surface area contributed by atoms with Gasteiger partial charge in [-0.2, -0.15) is 11.4 Å². The Balaban J connectivity index is 0.00000793. The van der Waals surface area contributed by atoms with Crippen molar-refractivity contribution >= 4 is 76.7 Å². The number of esters is 2. The Hall–Kier alpha value is -4.54. The van der Waals surface area contributed by atoms with Gasteiger partial charge in [0.2, 0.25) is 0 Å². The van der Waals surface area contributed by atoms with Crippen molar-refractivity contribution in [2.45, 2.75) is 133 Å². The van der Waals surface area contributed by atoms with Gasteiger partial charge in [0.15, 0.2) is 5.78 Å². The van der Waals surface area contributed by atoms with Crippen LogP contribution in [-0.4, -0.2) is 54.5 Å². The first-order valence-electron chi connectivity index (χ1n) is 23.6. The van der Waals surface area contributed by atoms with E-state index in [1.54, 1.807) is 6.08 Å². The molecule has 3 aromatic rings. The Morgan fingerprint density at radius 1 is 0.785 bits per heavy atom. The Bertz CT molecular complexity index is 2490. The van der Waals surface area contributed by atoms with Crippen molar-refractivity contribution in [1.82, 2.24) is 15.0 Å². The zero-order valence-electron chi connectivity index (χ0n) is 40.9. The number of nitrogens with zero attached hydrogens (tertiary/aromatic N) is 4. The molecule has 0 unspecified atom stereocenters. The SMILES string of the molecule is C=Cc1c2[n-]c(c1C)/C=C1\[N-]/C(=C3\c4[n-]c(c(C)c4C(=O)[C@@H]3C(=O)OC)/C=c3\[n-]/c(c(C)c3C=C)=C\2)[C@@H](CCC(=O)OC/C=C(/C)CCC[C@H](C)CCC[C@H](C)CCCC(C)C)[C@@H]1C.[Mg+2]. The molecule has 9 nitrogen and oxygen atoms in total. The molecule has 1 aliphatic carbocycles. The van der Waals surface area contributed by atoms with Crippen molar-refractivity contribution in [3.63, 3.8) is 0 Å². The Morgan fingerprint density at radius 2 is 1.42 bits per heavy atom. The third kappa shape index (κ3) is 11.5. The molecule has 5 heterocycles. The predicted molar refractivity (Wildman–Crippen MR) is 265 cm³/mol. The van der Waals surface area contributed by atoms with E-state index in [9.17, 15) is 14.4 Å². The van der Waals surface area contributed by atoms with Crippen molar-refractivity contribution in [2.24, 2.45) is 35.5 Å². The molecule has 0 spiro atoms. The van der Waals surface area contributed by atoms with Gasteiger partial charge in [-0.05, 0) is 93.7 Å². The Kier molecular flexibility index (Phi) is 18.0. The molecule has 0 saturated carbocycles. The molecule has 6 rings (SSSR count). The van der Waals surface area contributed by atoms with Crippen molar-refractivity contribution in [1.29, 1.82) is 0 Å². The summed E-state index contributed by atoms with van der Waals surface area (Å²) in [6, 6.07) is 0. The van der Waals surface area contributed by atoms with Crippen LogP contribution in [0.15, 0.2) is 36.2 Å². The van der Waals surface area contributed by atoms with Gasteiger partial charge in [0.25, 0.3) is 0 Å². The van der Waals surface area contributed by atoms with Gasteiger partial charge in [-0.3, -0.25) is 14.4 Å². The van der Waals surface area contributed by atoms with Crippen molar-refractivity contribution in [2.75, 3.05) is 13.7 Å². The van der Waals surface area contributed by atoms with Crippen LogP contribution in [0.2, 0.25) is 0 Å².